The Balaban J connectivity index is 2.45. The summed E-state index contributed by atoms with van der Waals surface area (Å²) < 4.78 is 26.7. The smallest absolute Gasteiger partial charge is 0.215 e. The van der Waals surface area contributed by atoms with Crippen LogP contribution in [0.4, 0.5) is 0 Å². The molecule has 5 heteroatoms. The van der Waals surface area contributed by atoms with Crippen molar-refractivity contribution in [3.05, 3.63) is 35.4 Å². The maximum atomic E-state index is 12.0. The Labute approximate surface area is 122 Å². The lowest BCUT2D eigenvalue weighted by molar-refractivity contribution is 0.530. The molecule has 0 saturated carbocycles. The van der Waals surface area contributed by atoms with E-state index in [1.807, 2.05) is 24.3 Å². The summed E-state index contributed by atoms with van der Waals surface area (Å²) >= 11 is 0. The van der Waals surface area contributed by atoms with E-state index in [-0.39, 0.29) is 5.75 Å². The highest BCUT2D eigenvalue weighted by atomic mass is 32.2. The van der Waals surface area contributed by atoms with Gasteiger partial charge in [0.25, 0.3) is 0 Å². The van der Waals surface area contributed by atoms with E-state index >= 15 is 0 Å². The highest BCUT2D eigenvalue weighted by molar-refractivity contribution is 7.88. The molecule has 0 spiro atoms. The van der Waals surface area contributed by atoms with Gasteiger partial charge in [0.05, 0.1) is 5.75 Å². The van der Waals surface area contributed by atoms with E-state index in [0.29, 0.717) is 19.0 Å². The number of sulfonamides is 1. The van der Waals surface area contributed by atoms with Crippen LogP contribution in [0.3, 0.4) is 0 Å². The van der Waals surface area contributed by atoms with Crippen LogP contribution < -0.4 is 10.5 Å². The highest BCUT2D eigenvalue weighted by Crippen LogP contribution is 2.11. The third kappa shape index (κ3) is 6.50. The number of rotatable bonds is 9. The summed E-state index contributed by atoms with van der Waals surface area (Å²) in [6.07, 6.45) is 3.08. The number of nitrogens with two attached hydrogens (primary N) is 1. The van der Waals surface area contributed by atoms with Crippen molar-refractivity contribution in [1.82, 2.24) is 4.72 Å². The Morgan fingerprint density at radius 1 is 1.15 bits per heavy atom. The lowest BCUT2D eigenvalue weighted by atomic mass is 10.1. The van der Waals surface area contributed by atoms with E-state index in [9.17, 15) is 8.42 Å². The van der Waals surface area contributed by atoms with Gasteiger partial charge >= 0.3 is 0 Å². The molecule has 0 heterocycles. The summed E-state index contributed by atoms with van der Waals surface area (Å²) in [5, 5.41) is 0. The van der Waals surface area contributed by atoms with E-state index in [2.05, 4.69) is 18.6 Å². The van der Waals surface area contributed by atoms with Gasteiger partial charge in [-0.2, -0.15) is 0 Å². The lowest BCUT2D eigenvalue weighted by Gasteiger charge is -2.10. The maximum Gasteiger partial charge on any atom is 0.215 e. The number of unbranched alkanes of at least 4 members (excludes halogenated alkanes) is 1. The molecule has 20 heavy (non-hydrogen) atoms. The summed E-state index contributed by atoms with van der Waals surface area (Å²) in [5.74, 6) is 0.674. The molecule has 0 bridgehead atoms. The predicted octanol–water partition coefficient (Wildman–Crippen LogP) is 2.39. The minimum absolute atomic E-state index is 0.00452. The van der Waals surface area contributed by atoms with Gasteiger partial charge in [-0.3, -0.25) is 0 Å². The van der Waals surface area contributed by atoms with E-state index < -0.39 is 10.0 Å². The van der Waals surface area contributed by atoms with Crippen LogP contribution in [-0.2, 0) is 22.3 Å². The van der Waals surface area contributed by atoms with Crippen molar-refractivity contribution in [2.24, 2.45) is 11.7 Å². The number of benzene rings is 1. The molecule has 1 aromatic carbocycles. The first-order chi connectivity index (χ1) is 9.44. The summed E-state index contributed by atoms with van der Waals surface area (Å²) in [6, 6.07) is 7.40. The zero-order chi connectivity index (χ0) is 15.0. The molecule has 3 N–H and O–H groups in total. The summed E-state index contributed by atoms with van der Waals surface area (Å²) in [7, 11) is -3.27. The molecule has 0 amide bonds. The highest BCUT2D eigenvalue weighted by Gasteiger charge is 2.12. The van der Waals surface area contributed by atoms with Crippen LogP contribution in [0.25, 0.3) is 0 Å². The van der Waals surface area contributed by atoms with Gasteiger partial charge in [0, 0.05) is 13.1 Å². The lowest BCUT2D eigenvalue weighted by Crippen LogP contribution is -2.26. The Morgan fingerprint density at radius 2 is 1.80 bits per heavy atom. The molecule has 0 fully saturated rings. The Kier molecular flexibility index (Phi) is 7.19. The second-order valence-corrected chi connectivity index (χ2v) is 7.32. The van der Waals surface area contributed by atoms with Gasteiger partial charge in [0.2, 0.25) is 10.0 Å². The number of hydrogen-bond acceptors (Lipinski definition) is 3. The second kappa shape index (κ2) is 8.39. The topological polar surface area (TPSA) is 72.2 Å². The quantitative estimate of drug-likeness (QED) is 0.688. The van der Waals surface area contributed by atoms with Gasteiger partial charge < -0.3 is 5.73 Å². The van der Waals surface area contributed by atoms with Crippen molar-refractivity contribution in [2.45, 2.75) is 45.4 Å². The maximum absolute atomic E-state index is 12.0. The molecule has 0 atom stereocenters. The standard InChI is InChI=1S/C15H26N2O2S/c1-13(2)7-5-6-10-17-20(18,19)12-15-9-4-3-8-14(15)11-16/h3-4,8-9,13,17H,5-7,10-12,16H2,1-2H3. The first-order valence-electron chi connectivity index (χ1n) is 7.19. The van der Waals surface area contributed by atoms with Gasteiger partial charge in [-0.25, -0.2) is 13.1 Å². The van der Waals surface area contributed by atoms with Crippen molar-refractivity contribution < 1.29 is 8.42 Å². The molecular weight excluding hydrogens is 272 g/mol. The molecule has 0 aliphatic carbocycles. The molecule has 0 unspecified atom stereocenters. The Bertz CT molecular complexity index is 498. The minimum Gasteiger partial charge on any atom is -0.326 e. The van der Waals surface area contributed by atoms with Gasteiger partial charge in [-0.15, -0.1) is 0 Å². The van der Waals surface area contributed by atoms with Crippen molar-refractivity contribution >= 4 is 10.0 Å². The monoisotopic (exact) mass is 298 g/mol. The Hall–Kier alpha value is -0.910. The van der Waals surface area contributed by atoms with Gasteiger partial charge in [-0.05, 0) is 23.5 Å². The summed E-state index contributed by atoms with van der Waals surface area (Å²) in [6.45, 7) is 5.22. The molecule has 0 saturated heterocycles. The number of hydrogen-bond donors (Lipinski definition) is 2. The molecule has 114 valence electrons. The van der Waals surface area contributed by atoms with Crippen molar-refractivity contribution in [3.63, 3.8) is 0 Å². The van der Waals surface area contributed by atoms with Crippen LogP contribution in [0, 0.1) is 5.92 Å². The van der Waals surface area contributed by atoms with Crippen molar-refractivity contribution in [1.29, 1.82) is 0 Å². The number of nitrogens with one attached hydrogen (secondary N) is 1. The molecule has 1 rings (SSSR count). The third-order valence-electron chi connectivity index (χ3n) is 3.21. The second-order valence-electron chi connectivity index (χ2n) is 5.52. The molecule has 0 radical (unpaired) electrons. The summed E-state index contributed by atoms with van der Waals surface area (Å²) in [4.78, 5) is 0. The largest absolute Gasteiger partial charge is 0.326 e. The van der Waals surface area contributed by atoms with Crippen LogP contribution in [-0.4, -0.2) is 15.0 Å². The van der Waals surface area contributed by atoms with Gasteiger partial charge in [-0.1, -0.05) is 51.0 Å². The zero-order valence-electron chi connectivity index (χ0n) is 12.4. The molecule has 0 aromatic heterocycles. The van der Waals surface area contributed by atoms with E-state index in [4.69, 9.17) is 5.73 Å². The first kappa shape index (κ1) is 17.1. The van der Waals surface area contributed by atoms with Crippen LogP contribution in [0.2, 0.25) is 0 Å². The molecule has 1 aromatic rings. The van der Waals surface area contributed by atoms with Gasteiger partial charge in [0.1, 0.15) is 0 Å². The van der Waals surface area contributed by atoms with E-state index in [1.165, 1.54) is 0 Å². The van der Waals surface area contributed by atoms with Crippen molar-refractivity contribution in [2.75, 3.05) is 6.54 Å². The van der Waals surface area contributed by atoms with Crippen LogP contribution in [0.15, 0.2) is 24.3 Å². The first-order valence-corrected chi connectivity index (χ1v) is 8.84. The van der Waals surface area contributed by atoms with E-state index in [1.54, 1.807) is 0 Å². The molecule has 0 aliphatic heterocycles. The van der Waals surface area contributed by atoms with Crippen molar-refractivity contribution in [3.8, 4) is 0 Å². The molecular formula is C15H26N2O2S. The third-order valence-corrected chi connectivity index (χ3v) is 4.55. The van der Waals surface area contributed by atoms with Gasteiger partial charge in [0.15, 0.2) is 0 Å². The minimum atomic E-state index is -3.27. The van der Waals surface area contributed by atoms with Crippen LogP contribution >= 0.6 is 0 Å². The fourth-order valence-corrected chi connectivity index (χ4v) is 3.31. The fraction of sp³-hybridized carbons (Fsp3) is 0.600. The van der Waals surface area contributed by atoms with E-state index in [0.717, 1.165) is 30.4 Å². The zero-order valence-corrected chi connectivity index (χ0v) is 13.2. The normalized spacial score (nSPS) is 12.0. The molecule has 0 aliphatic rings. The summed E-state index contributed by atoms with van der Waals surface area (Å²) in [5.41, 5.74) is 7.29. The fourth-order valence-electron chi connectivity index (χ4n) is 2.06. The molecule has 4 nitrogen and oxygen atoms in total. The van der Waals surface area contributed by atoms with Crippen LogP contribution in [0.1, 0.15) is 44.2 Å². The SMILES string of the molecule is CC(C)CCCCNS(=O)(=O)Cc1ccccc1CN. The van der Waals surface area contributed by atoms with Crippen LogP contribution in [0.5, 0.6) is 0 Å². The predicted molar refractivity (Wildman–Crippen MR) is 83.6 cm³/mol. The Morgan fingerprint density at radius 3 is 2.40 bits per heavy atom. The average Bonchev–Trinajstić information content (AvgIpc) is 2.38. The average molecular weight is 298 g/mol.